The molecule has 4 heteroatoms. The topological polar surface area (TPSA) is 49.6 Å². The Morgan fingerprint density at radius 1 is 1.29 bits per heavy atom. The van der Waals surface area contributed by atoms with E-state index in [4.69, 9.17) is 5.73 Å². The van der Waals surface area contributed by atoms with Gasteiger partial charge in [0.1, 0.15) is 0 Å². The predicted molar refractivity (Wildman–Crippen MR) is 54.8 cm³/mol. The zero-order valence-corrected chi connectivity index (χ0v) is 8.78. The van der Waals surface area contributed by atoms with Gasteiger partial charge < -0.3 is 15.5 Å². The second-order valence-corrected chi connectivity index (χ2v) is 4.52. The van der Waals surface area contributed by atoms with Gasteiger partial charge in [0.15, 0.2) is 0 Å². The molecule has 2 atom stereocenters. The molecule has 0 bridgehead atoms. The number of likely N-dealkylation sites (N-methyl/N-ethyl adjacent to an activating group) is 1. The zero-order chi connectivity index (χ0) is 10.1. The molecule has 0 unspecified atom stereocenters. The molecular weight excluding hydrogens is 178 g/mol. The standard InChI is InChI=1S/C10H19N3O/c1-12-6-8(9(11)7-12)10(14)13-4-2-3-5-13/h8-9H,2-7,11H2,1H3/t8-,9+/m1/s1. The first-order valence-electron chi connectivity index (χ1n) is 5.41. The molecule has 0 radical (unpaired) electrons. The molecule has 2 N–H and O–H groups in total. The lowest BCUT2D eigenvalue weighted by molar-refractivity contribution is -0.134. The third-order valence-electron chi connectivity index (χ3n) is 3.28. The maximum absolute atomic E-state index is 12.0. The zero-order valence-electron chi connectivity index (χ0n) is 8.78. The quantitative estimate of drug-likeness (QED) is 0.616. The summed E-state index contributed by atoms with van der Waals surface area (Å²) in [5, 5.41) is 0. The van der Waals surface area contributed by atoms with Gasteiger partial charge >= 0.3 is 0 Å². The Balaban J connectivity index is 1.96. The summed E-state index contributed by atoms with van der Waals surface area (Å²) in [7, 11) is 2.02. The van der Waals surface area contributed by atoms with Crippen molar-refractivity contribution in [3.05, 3.63) is 0 Å². The van der Waals surface area contributed by atoms with E-state index in [-0.39, 0.29) is 17.9 Å². The summed E-state index contributed by atoms with van der Waals surface area (Å²) in [6, 6.07) is 0.0353. The molecule has 4 nitrogen and oxygen atoms in total. The number of carbonyl (C=O) groups is 1. The highest BCUT2D eigenvalue weighted by molar-refractivity contribution is 5.80. The highest BCUT2D eigenvalue weighted by atomic mass is 16.2. The van der Waals surface area contributed by atoms with Crippen molar-refractivity contribution >= 4 is 5.91 Å². The number of hydrogen-bond donors (Lipinski definition) is 1. The van der Waals surface area contributed by atoms with Gasteiger partial charge in [0, 0.05) is 32.2 Å². The van der Waals surface area contributed by atoms with E-state index in [9.17, 15) is 4.79 Å². The van der Waals surface area contributed by atoms with Crippen molar-refractivity contribution in [3.8, 4) is 0 Å². The van der Waals surface area contributed by atoms with Crippen LogP contribution >= 0.6 is 0 Å². The summed E-state index contributed by atoms with van der Waals surface area (Å²) in [5.74, 6) is 0.317. The second kappa shape index (κ2) is 3.87. The molecule has 2 rings (SSSR count). The number of nitrogens with two attached hydrogens (primary N) is 1. The minimum absolute atomic E-state index is 0.0353. The van der Waals surface area contributed by atoms with Crippen LogP contribution < -0.4 is 5.73 Å². The van der Waals surface area contributed by atoms with Gasteiger partial charge in [-0.1, -0.05) is 0 Å². The predicted octanol–water partition coefficient (Wildman–Crippen LogP) is -0.502. The SMILES string of the molecule is CN1C[C@H](N)[C@H](C(=O)N2CCCC2)C1. The maximum Gasteiger partial charge on any atom is 0.228 e. The fourth-order valence-corrected chi connectivity index (χ4v) is 2.47. The van der Waals surface area contributed by atoms with Crippen molar-refractivity contribution in [1.29, 1.82) is 0 Å². The maximum atomic E-state index is 12.0. The first-order chi connectivity index (χ1) is 6.68. The molecule has 0 aromatic carbocycles. The number of nitrogens with zero attached hydrogens (tertiary/aromatic N) is 2. The number of hydrogen-bond acceptors (Lipinski definition) is 3. The highest BCUT2D eigenvalue weighted by Crippen LogP contribution is 2.19. The molecule has 14 heavy (non-hydrogen) atoms. The summed E-state index contributed by atoms with van der Waals surface area (Å²) in [6.07, 6.45) is 2.31. The summed E-state index contributed by atoms with van der Waals surface area (Å²) in [4.78, 5) is 16.1. The van der Waals surface area contributed by atoms with E-state index >= 15 is 0 Å². The van der Waals surface area contributed by atoms with Crippen molar-refractivity contribution in [2.24, 2.45) is 11.7 Å². The van der Waals surface area contributed by atoms with Crippen molar-refractivity contribution < 1.29 is 4.79 Å². The van der Waals surface area contributed by atoms with Crippen LogP contribution in [-0.4, -0.2) is 55.0 Å². The molecular formula is C10H19N3O. The van der Waals surface area contributed by atoms with Crippen LogP contribution in [0, 0.1) is 5.92 Å². The van der Waals surface area contributed by atoms with Crippen molar-refractivity contribution in [2.75, 3.05) is 33.2 Å². The van der Waals surface area contributed by atoms with E-state index in [0.717, 1.165) is 39.0 Å². The molecule has 2 heterocycles. The first-order valence-corrected chi connectivity index (χ1v) is 5.41. The lowest BCUT2D eigenvalue weighted by Crippen LogP contribution is -2.42. The minimum atomic E-state index is 0.0353. The number of amides is 1. The van der Waals surface area contributed by atoms with Gasteiger partial charge in [0.2, 0.25) is 5.91 Å². The lowest BCUT2D eigenvalue weighted by Gasteiger charge is -2.21. The van der Waals surface area contributed by atoms with E-state index in [1.807, 2.05) is 11.9 Å². The molecule has 0 saturated carbocycles. The molecule has 2 saturated heterocycles. The van der Waals surface area contributed by atoms with Crippen LogP contribution in [0.3, 0.4) is 0 Å². The van der Waals surface area contributed by atoms with Gasteiger partial charge in [0.05, 0.1) is 5.92 Å². The molecule has 0 aromatic heterocycles. The van der Waals surface area contributed by atoms with E-state index in [0.29, 0.717) is 0 Å². The van der Waals surface area contributed by atoms with Crippen LogP contribution in [0.4, 0.5) is 0 Å². The summed E-state index contributed by atoms with van der Waals surface area (Å²) < 4.78 is 0. The summed E-state index contributed by atoms with van der Waals surface area (Å²) >= 11 is 0. The van der Waals surface area contributed by atoms with E-state index in [2.05, 4.69) is 4.90 Å². The van der Waals surface area contributed by atoms with Gasteiger partial charge in [-0.2, -0.15) is 0 Å². The van der Waals surface area contributed by atoms with Crippen LogP contribution in [0.25, 0.3) is 0 Å². The van der Waals surface area contributed by atoms with E-state index in [1.54, 1.807) is 0 Å². The average molecular weight is 197 g/mol. The van der Waals surface area contributed by atoms with Crippen LogP contribution in [0.1, 0.15) is 12.8 Å². The third-order valence-corrected chi connectivity index (χ3v) is 3.28. The molecule has 0 aliphatic carbocycles. The molecule has 80 valence electrons. The molecule has 2 aliphatic heterocycles. The van der Waals surface area contributed by atoms with Crippen LogP contribution in [0.2, 0.25) is 0 Å². The van der Waals surface area contributed by atoms with Crippen LogP contribution in [0.15, 0.2) is 0 Å². The smallest absolute Gasteiger partial charge is 0.228 e. The lowest BCUT2D eigenvalue weighted by atomic mass is 10.0. The monoisotopic (exact) mass is 197 g/mol. The Hall–Kier alpha value is -0.610. The van der Waals surface area contributed by atoms with E-state index in [1.165, 1.54) is 0 Å². The Morgan fingerprint density at radius 2 is 1.93 bits per heavy atom. The minimum Gasteiger partial charge on any atom is -0.342 e. The fraction of sp³-hybridized carbons (Fsp3) is 0.900. The largest absolute Gasteiger partial charge is 0.342 e. The normalized spacial score (nSPS) is 34.0. The van der Waals surface area contributed by atoms with Gasteiger partial charge in [0.25, 0.3) is 0 Å². The van der Waals surface area contributed by atoms with Crippen molar-refractivity contribution in [3.63, 3.8) is 0 Å². The summed E-state index contributed by atoms with van der Waals surface area (Å²) in [5.41, 5.74) is 5.95. The highest BCUT2D eigenvalue weighted by Gasteiger charge is 2.36. The van der Waals surface area contributed by atoms with E-state index < -0.39 is 0 Å². The molecule has 0 aromatic rings. The number of carbonyl (C=O) groups excluding carboxylic acids is 1. The van der Waals surface area contributed by atoms with Crippen molar-refractivity contribution in [2.45, 2.75) is 18.9 Å². The van der Waals surface area contributed by atoms with Gasteiger partial charge in [-0.3, -0.25) is 4.79 Å². The molecule has 2 aliphatic rings. The summed E-state index contributed by atoms with van der Waals surface area (Å²) in [6.45, 7) is 3.55. The van der Waals surface area contributed by atoms with Gasteiger partial charge in [-0.25, -0.2) is 0 Å². The third kappa shape index (κ3) is 1.77. The Kier molecular flexibility index (Phi) is 2.74. The Morgan fingerprint density at radius 3 is 2.43 bits per heavy atom. The van der Waals surface area contributed by atoms with Gasteiger partial charge in [-0.05, 0) is 19.9 Å². The van der Waals surface area contributed by atoms with Crippen LogP contribution in [0.5, 0.6) is 0 Å². The second-order valence-electron chi connectivity index (χ2n) is 4.52. The van der Waals surface area contributed by atoms with Gasteiger partial charge in [-0.15, -0.1) is 0 Å². The first kappa shape index (κ1) is 9.93. The molecule has 1 amide bonds. The average Bonchev–Trinajstić information content (AvgIpc) is 2.73. The molecule has 2 fully saturated rings. The Bertz CT molecular complexity index is 225. The number of likely N-dealkylation sites (tertiary alicyclic amines) is 2. The Labute approximate surface area is 85.0 Å². The van der Waals surface area contributed by atoms with Crippen molar-refractivity contribution in [1.82, 2.24) is 9.80 Å². The number of rotatable bonds is 1. The fourth-order valence-electron chi connectivity index (χ4n) is 2.47. The van der Waals surface area contributed by atoms with Crippen LogP contribution in [-0.2, 0) is 4.79 Å². The molecule has 0 spiro atoms.